The molecule has 2 aromatic carbocycles. The van der Waals surface area contributed by atoms with Crippen LogP contribution in [0.1, 0.15) is 61.9 Å². The predicted molar refractivity (Wildman–Crippen MR) is 190 cm³/mol. The molecule has 48 heavy (non-hydrogen) atoms. The smallest absolute Gasteiger partial charge is 0.264 e. The summed E-state index contributed by atoms with van der Waals surface area (Å²) >= 11 is 0. The lowest BCUT2D eigenvalue weighted by Crippen LogP contribution is -2.46. The van der Waals surface area contributed by atoms with Gasteiger partial charge in [-0.15, -0.1) is 0 Å². The third-order valence-electron chi connectivity index (χ3n) is 9.67. The molecular weight excluding hydrogens is 602 g/mol. The van der Waals surface area contributed by atoms with Crippen LogP contribution >= 0.6 is 0 Å². The topological polar surface area (TPSA) is 91.0 Å². The Balaban J connectivity index is 1.30. The maximum atomic E-state index is 13.4. The van der Waals surface area contributed by atoms with E-state index in [2.05, 4.69) is 40.1 Å². The standard InChI is InChI=1S/C39H49N5O4/c1-26-27(2)37(45)41(6)24-32(26)29-20-35(47-7)33(36(21-29)48-8)25-42-15-17-43(18-16-42)31-12-9-11-28(19-31)34-13-10-14-44(34)38(46)30(23-40)22-39(3,4)5/h9,11-12,19-22,24,34H,10,13-18,25H2,1-8H3/b30-22+. The number of amides is 1. The number of piperazine rings is 1. The molecular formula is C39H49N5O4. The van der Waals surface area contributed by atoms with Crippen molar-refractivity contribution in [3.63, 3.8) is 0 Å². The first-order valence-electron chi connectivity index (χ1n) is 16.8. The van der Waals surface area contributed by atoms with Gasteiger partial charge in [-0.2, -0.15) is 5.26 Å². The maximum Gasteiger partial charge on any atom is 0.264 e. The summed E-state index contributed by atoms with van der Waals surface area (Å²) in [5, 5.41) is 9.76. The molecule has 0 saturated carbocycles. The molecule has 2 saturated heterocycles. The normalized spacial score (nSPS) is 17.4. The first-order valence-corrected chi connectivity index (χ1v) is 16.8. The van der Waals surface area contributed by atoms with Crippen molar-refractivity contribution in [1.29, 1.82) is 5.26 Å². The number of methoxy groups -OCH3 is 2. The summed E-state index contributed by atoms with van der Waals surface area (Å²) in [7, 11) is 5.15. The predicted octanol–water partition coefficient (Wildman–Crippen LogP) is 6.17. The van der Waals surface area contributed by atoms with Crippen LogP contribution in [0, 0.1) is 30.6 Å². The van der Waals surface area contributed by atoms with Crippen LogP contribution in [-0.2, 0) is 18.4 Å². The third-order valence-corrected chi connectivity index (χ3v) is 9.67. The van der Waals surface area contributed by atoms with Gasteiger partial charge in [0, 0.05) is 69.3 Å². The molecule has 0 radical (unpaired) electrons. The Morgan fingerprint density at radius 1 is 1.00 bits per heavy atom. The number of aromatic nitrogens is 1. The largest absolute Gasteiger partial charge is 0.496 e. The molecule has 0 aliphatic carbocycles. The van der Waals surface area contributed by atoms with Crippen LogP contribution in [0.3, 0.4) is 0 Å². The van der Waals surface area contributed by atoms with E-state index in [1.807, 2.05) is 57.8 Å². The minimum Gasteiger partial charge on any atom is -0.496 e. The summed E-state index contributed by atoms with van der Waals surface area (Å²) in [4.78, 5) is 32.6. The van der Waals surface area contributed by atoms with Gasteiger partial charge in [0.25, 0.3) is 11.5 Å². The van der Waals surface area contributed by atoms with Crippen LogP contribution in [0.5, 0.6) is 11.5 Å². The number of hydrogen-bond acceptors (Lipinski definition) is 7. The van der Waals surface area contributed by atoms with Crippen LogP contribution in [0.2, 0.25) is 0 Å². The van der Waals surface area contributed by atoms with Crippen molar-refractivity contribution in [3.05, 3.63) is 86.9 Å². The minimum absolute atomic E-state index is 0.00602. The van der Waals surface area contributed by atoms with Crippen LogP contribution in [0.15, 0.2) is 59.0 Å². The third kappa shape index (κ3) is 7.29. The van der Waals surface area contributed by atoms with Crippen LogP contribution < -0.4 is 19.9 Å². The lowest BCUT2D eigenvalue weighted by atomic mass is 9.93. The van der Waals surface area contributed by atoms with E-state index in [0.717, 1.165) is 89.6 Å². The van der Waals surface area contributed by atoms with Crippen molar-refractivity contribution >= 4 is 11.6 Å². The Bertz CT molecular complexity index is 1780. The quantitative estimate of drug-likeness (QED) is 0.213. The fraction of sp³-hybridized carbons (Fsp3) is 0.462. The summed E-state index contributed by atoms with van der Waals surface area (Å²) in [5.74, 6) is 1.35. The van der Waals surface area contributed by atoms with E-state index < -0.39 is 0 Å². The fourth-order valence-corrected chi connectivity index (χ4v) is 6.96. The minimum atomic E-state index is -0.250. The van der Waals surface area contributed by atoms with Gasteiger partial charge in [-0.3, -0.25) is 14.5 Å². The zero-order valence-corrected chi connectivity index (χ0v) is 29.7. The lowest BCUT2D eigenvalue weighted by molar-refractivity contribution is -0.127. The van der Waals surface area contributed by atoms with Gasteiger partial charge in [0.1, 0.15) is 23.1 Å². The summed E-state index contributed by atoms with van der Waals surface area (Å²) in [6, 6.07) is 14.8. The highest BCUT2D eigenvalue weighted by Crippen LogP contribution is 2.38. The zero-order chi connectivity index (χ0) is 34.7. The van der Waals surface area contributed by atoms with Gasteiger partial charge >= 0.3 is 0 Å². The number of likely N-dealkylation sites (tertiary alicyclic amines) is 1. The van der Waals surface area contributed by atoms with Gasteiger partial charge in [0.05, 0.1) is 25.8 Å². The number of ether oxygens (including phenoxy) is 2. The highest BCUT2D eigenvalue weighted by Gasteiger charge is 2.33. The number of aryl methyl sites for hydroxylation is 1. The fourth-order valence-electron chi connectivity index (χ4n) is 6.96. The SMILES string of the molecule is COc1cc(-c2cn(C)c(=O)c(C)c2C)cc(OC)c1CN1CCN(c2cccc(C3CCCN3C(=O)/C(C#N)=C/C(C)(C)C)c2)CC1. The summed E-state index contributed by atoms with van der Waals surface area (Å²) in [5.41, 5.74) is 6.86. The number of nitrogens with zero attached hydrogens (tertiary/aromatic N) is 5. The highest BCUT2D eigenvalue weighted by molar-refractivity contribution is 5.97. The van der Waals surface area contributed by atoms with Crippen molar-refractivity contribution in [1.82, 2.24) is 14.4 Å². The second kappa shape index (κ2) is 14.3. The Morgan fingerprint density at radius 3 is 2.27 bits per heavy atom. The monoisotopic (exact) mass is 651 g/mol. The molecule has 3 heterocycles. The Morgan fingerprint density at radius 2 is 1.67 bits per heavy atom. The Kier molecular flexibility index (Phi) is 10.4. The second-order valence-electron chi connectivity index (χ2n) is 14.1. The molecule has 2 aliphatic heterocycles. The zero-order valence-electron chi connectivity index (χ0n) is 29.7. The average molecular weight is 652 g/mol. The highest BCUT2D eigenvalue weighted by atomic mass is 16.5. The number of allylic oxidation sites excluding steroid dienone is 1. The first kappa shape index (κ1) is 34.8. The number of hydrogen-bond donors (Lipinski definition) is 0. The van der Waals surface area contributed by atoms with Crippen LogP contribution in [0.25, 0.3) is 11.1 Å². The molecule has 0 spiro atoms. The molecule has 1 amide bonds. The van der Waals surface area contributed by atoms with E-state index in [9.17, 15) is 14.9 Å². The second-order valence-corrected chi connectivity index (χ2v) is 14.1. The van der Waals surface area contributed by atoms with Crippen molar-refractivity contribution < 1.29 is 14.3 Å². The van der Waals surface area contributed by atoms with Gasteiger partial charge in [-0.05, 0) is 73.1 Å². The van der Waals surface area contributed by atoms with Gasteiger partial charge in [0.2, 0.25) is 0 Å². The molecule has 0 bridgehead atoms. The molecule has 1 aromatic heterocycles. The number of nitriles is 1. The molecule has 1 unspecified atom stereocenters. The number of pyridine rings is 1. The Hall–Kier alpha value is -4.55. The van der Waals surface area contributed by atoms with Crippen molar-refractivity contribution in [2.45, 2.75) is 60.0 Å². The van der Waals surface area contributed by atoms with Gasteiger partial charge < -0.3 is 23.8 Å². The van der Waals surface area contributed by atoms with Crippen molar-refractivity contribution in [2.24, 2.45) is 12.5 Å². The van der Waals surface area contributed by atoms with Gasteiger partial charge in [-0.25, -0.2) is 0 Å². The maximum absolute atomic E-state index is 13.4. The number of carbonyl (C=O) groups excluding carboxylic acids is 1. The molecule has 9 heteroatoms. The van der Waals surface area contributed by atoms with Crippen LogP contribution in [0.4, 0.5) is 5.69 Å². The van der Waals surface area contributed by atoms with E-state index in [1.54, 1.807) is 31.9 Å². The number of benzene rings is 2. The average Bonchev–Trinajstić information content (AvgIpc) is 3.58. The lowest BCUT2D eigenvalue weighted by Gasteiger charge is -2.37. The Labute approximate surface area is 285 Å². The van der Waals surface area contributed by atoms with E-state index in [0.29, 0.717) is 13.1 Å². The molecule has 2 aliphatic rings. The molecule has 254 valence electrons. The number of carbonyl (C=O) groups is 1. The van der Waals surface area contributed by atoms with Gasteiger partial charge in [0.15, 0.2) is 0 Å². The van der Waals surface area contributed by atoms with Crippen molar-refractivity contribution in [3.8, 4) is 28.7 Å². The number of rotatable bonds is 8. The van der Waals surface area contributed by atoms with E-state index in [1.165, 1.54) is 0 Å². The van der Waals surface area contributed by atoms with Gasteiger partial charge in [-0.1, -0.05) is 39.0 Å². The van der Waals surface area contributed by atoms with E-state index in [-0.39, 0.29) is 28.5 Å². The molecule has 0 N–H and O–H groups in total. The molecule has 3 aromatic rings. The molecule has 1 atom stereocenters. The summed E-state index contributed by atoms with van der Waals surface area (Å²) in [6.07, 6.45) is 5.48. The molecule has 2 fully saturated rings. The first-order chi connectivity index (χ1) is 22.8. The van der Waals surface area contributed by atoms with E-state index >= 15 is 0 Å². The van der Waals surface area contributed by atoms with E-state index in [4.69, 9.17) is 9.47 Å². The molecule has 9 nitrogen and oxygen atoms in total. The summed E-state index contributed by atoms with van der Waals surface area (Å²) < 4.78 is 13.4. The van der Waals surface area contributed by atoms with Crippen molar-refractivity contribution in [2.75, 3.05) is 51.8 Å². The molecule has 5 rings (SSSR count). The summed E-state index contributed by atoms with van der Waals surface area (Å²) in [6.45, 7) is 14.7. The van der Waals surface area contributed by atoms with Crippen LogP contribution in [-0.4, -0.2) is 67.2 Å². The number of anilines is 1.